The molecular weight excluding hydrogens is 371 g/mol. The van der Waals surface area contributed by atoms with Crippen LogP contribution in [0.5, 0.6) is 11.5 Å². The third-order valence-electron chi connectivity index (χ3n) is 2.85. The third-order valence-corrected chi connectivity index (χ3v) is 2.85. The smallest absolute Gasteiger partial charge is 0.146 e. The molecule has 3 rings (SSSR count). The summed E-state index contributed by atoms with van der Waals surface area (Å²) in [5.41, 5.74) is 10.3. The Morgan fingerprint density at radius 2 is 1.50 bits per heavy atom. The van der Waals surface area contributed by atoms with Crippen LogP contribution in [0.1, 0.15) is 5.56 Å². The molecule has 0 aliphatic heterocycles. The van der Waals surface area contributed by atoms with Crippen molar-refractivity contribution in [3.63, 3.8) is 0 Å². The van der Waals surface area contributed by atoms with E-state index in [0.717, 1.165) is 0 Å². The van der Waals surface area contributed by atoms with Crippen molar-refractivity contribution in [3.05, 3.63) is 84.2 Å². The predicted octanol–water partition coefficient (Wildman–Crippen LogP) is 2.92. The Kier molecular flexibility index (Phi) is 11.0. The van der Waals surface area contributed by atoms with E-state index < -0.39 is 0 Å². The van der Waals surface area contributed by atoms with Crippen LogP contribution in [-0.2, 0) is 24.0 Å². The van der Waals surface area contributed by atoms with Gasteiger partial charge in [0.2, 0.25) is 0 Å². The minimum absolute atomic E-state index is 0. The van der Waals surface area contributed by atoms with Crippen molar-refractivity contribution in [2.24, 2.45) is 5.10 Å². The van der Waals surface area contributed by atoms with Gasteiger partial charge in [-0.1, -0.05) is 60.3 Å². The number of rotatable bonds is 3. The van der Waals surface area contributed by atoms with Crippen LogP contribution < -0.4 is 15.6 Å². The van der Waals surface area contributed by atoms with Gasteiger partial charge in [0.05, 0.1) is 6.21 Å². The maximum absolute atomic E-state index is 11.3. The zero-order chi connectivity index (χ0) is 17.2. The molecule has 1 aromatic heterocycles. The summed E-state index contributed by atoms with van der Waals surface area (Å²) in [5, 5.41) is 25.7. The summed E-state index contributed by atoms with van der Waals surface area (Å²) in [4.78, 5) is 4.03. The molecule has 3 aromatic rings. The number of anilines is 1. The van der Waals surface area contributed by atoms with Gasteiger partial charge in [-0.15, -0.1) is 5.75 Å². The summed E-state index contributed by atoms with van der Waals surface area (Å²) in [6.07, 6.45) is 3.15. The first kappa shape index (κ1) is 23.0. The number of hydrogen-bond donors (Lipinski definition) is 1. The van der Waals surface area contributed by atoms with E-state index in [1.165, 1.54) is 24.4 Å². The van der Waals surface area contributed by atoms with Crippen molar-refractivity contribution in [2.45, 2.75) is 0 Å². The fourth-order valence-electron chi connectivity index (χ4n) is 1.65. The van der Waals surface area contributed by atoms with Crippen LogP contribution in [0.25, 0.3) is 5.73 Å². The molecule has 135 valence electrons. The molecule has 0 bridgehead atoms. The van der Waals surface area contributed by atoms with Crippen LogP contribution in [0.4, 0.5) is 11.5 Å². The van der Waals surface area contributed by atoms with E-state index in [1.54, 1.807) is 42.6 Å². The summed E-state index contributed by atoms with van der Waals surface area (Å²) in [6, 6.07) is 18.3. The first-order valence-corrected chi connectivity index (χ1v) is 7.10. The zero-order valence-electron chi connectivity index (χ0n) is 13.6. The Balaban J connectivity index is 0.000000536. The molecule has 1 heterocycles. The molecule has 1 radical (unpaired) electrons. The van der Waals surface area contributed by atoms with Crippen LogP contribution in [0.15, 0.2) is 78.0 Å². The molecule has 0 spiro atoms. The van der Waals surface area contributed by atoms with Crippen molar-refractivity contribution in [2.75, 3.05) is 5.43 Å². The molecule has 0 aliphatic rings. The minimum Gasteiger partial charge on any atom is -2.00 e. The Bertz CT molecular complexity index is 780. The van der Waals surface area contributed by atoms with E-state index in [0.29, 0.717) is 11.4 Å². The van der Waals surface area contributed by atoms with Crippen LogP contribution in [0.3, 0.4) is 0 Å². The monoisotopic (exact) mass is 386 g/mol. The first-order chi connectivity index (χ1) is 11.7. The second-order valence-corrected chi connectivity index (χ2v) is 4.62. The quantitative estimate of drug-likeness (QED) is 0.547. The van der Waals surface area contributed by atoms with E-state index in [2.05, 4.69) is 15.5 Å². The van der Waals surface area contributed by atoms with E-state index >= 15 is 0 Å². The van der Waals surface area contributed by atoms with Crippen molar-refractivity contribution in [3.8, 4) is 11.5 Å². The molecule has 0 atom stereocenters. The number of nitrogens with zero attached hydrogens (tertiary/aromatic N) is 2. The van der Waals surface area contributed by atoms with Gasteiger partial charge < -0.3 is 21.4 Å². The zero-order valence-corrected chi connectivity index (χ0v) is 15.0. The van der Waals surface area contributed by atoms with Gasteiger partial charge in [-0.05, 0) is 17.7 Å². The molecule has 2 aromatic carbocycles. The van der Waals surface area contributed by atoms with E-state index in [1.807, 2.05) is 12.1 Å². The molecular formula is C18H15N4O3V-5. The number of hydrogen-bond acceptors (Lipinski definition) is 5. The van der Waals surface area contributed by atoms with Crippen molar-refractivity contribution < 1.29 is 34.2 Å². The summed E-state index contributed by atoms with van der Waals surface area (Å²) in [7, 11) is 0. The molecule has 0 saturated carbocycles. The normalized spacial score (nSPS) is 9.23. The molecule has 0 fully saturated rings. The SMILES string of the molecule is [NH-]c1ccccc1[O-].[O-2].[O-]c1ccccc1/C=N/Nc1ccccn1.[V]. The van der Waals surface area contributed by atoms with E-state index in [-0.39, 0.29) is 41.2 Å². The first-order valence-electron chi connectivity index (χ1n) is 7.10. The summed E-state index contributed by atoms with van der Waals surface area (Å²) in [6.45, 7) is 0. The summed E-state index contributed by atoms with van der Waals surface area (Å²) < 4.78 is 0. The number of pyridine rings is 1. The van der Waals surface area contributed by atoms with Crippen molar-refractivity contribution in [1.29, 1.82) is 0 Å². The summed E-state index contributed by atoms with van der Waals surface area (Å²) in [5.74, 6) is 0.378. The van der Waals surface area contributed by atoms with Crippen molar-refractivity contribution >= 4 is 17.7 Å². The second-order valence-electron chi connectivity index (χ2n) is 4.62. The Labute approximate surface area is 163 Å². The van der Waals surface area contributed by atoms with Gasteiger partial charge in [-0.2, -0.15) is 10.8 Å². The average molecular weight is 386 g/mol. The Hall–Kier alpha value is -3.00. The fraction of sp³-hybridized carbons (Fsp3) is 0. The van der Waals surface area contributed by atoms with Gasteiger partial charge in [0.25, 0.3) is 0 Å². The predicted molar refractivity (Wildman–Crippen MR) is 91.9 cm³/mol. The third kappa shape index (κ3) is 7.72. The molecule has 26 heavy (non-hydrogen) atoms. The maximum atomic E-state index is 11.3. The van der Waals surface area contributed by atoms with Gasteiger partial charge in [0, 0.05) is 24.8 Å². The molecule has 0 saturated heterocycles. The van der Waals surface area contributed by atoms with Gasteiger partial charge in [-0.25, -0.2) is 4.98 Å². The number of para-hydroxylation sites is 2. The minimum atomic E-state index is -0.215. The standard InChI is InChI=1S/C12H11N3O.C6H6NO.O.V/c16-11-6-2-1-5-10(11)9-14-15-12-7-3-4-8-13-12;7-5-3-1-2-4-6(5)8;;/h1-9,16H,(H,13,15);1-4,7-8H;;/q;-1;-2;/p-2/b14-9+;;;. The molecule has 0 aliphatic carbocycles. The van der Waals surface area contributed by atoms with Gasteiger partial charge in [-0.3, -0.25) is 5.43 Å². The van der Waals surface area contributed by atoms with Gasteiger partial charge >= 0.3 is 0 Å². The van der Waals surface area contributed by atoms with Crippen molar-refractivity contribution in [1.82, 2.24) is 4.98 Å². The van der Waals surface area contributed by atoms with E-state index in [9.17, 15) is 10.2 Å². The fourth-order valence-corrected chi connectivity index (χ4v) is 1.65. The second kappa shape index (κ2) is 12.4. The Morgan fingerprint density at radius 3 is 2.04 bits per heavy atom. The topological polar surface area (TPSA) is 136 Å². The van der Waals surface area contributed by atoms with Gasteiger partial charge in [0.1, 0.15) is 5.82 Å². The van der Waals surface area contributed by atoms with Crippen LogP contribution in [0, 0.1) is 0 Å². The maximum Gasteiger partial charge on any atom is 0.146 e. The van der Waals surface area contributed by atoms with Crippen LogP contribution in [-0.4, -0.2) is 11.2 Å². The van der Waals surface area contributed by atoms with Gasteiger partial charge in [0.15, 0.2) is 0 Å². The van der Waals surface area contributed by atoms with E-state index in [4.69, 9.17) is 5.73 Å². The van der Waals surface area contributed by atoms with Crippen LogP contribution in [0.2, 0.25) is 0 Å². The Morgan fingerprint density at radius 1 is 0.885 bits per heavy atom. The molecule has 0 amide bonds. The number of aromatic nitrogens is 1. The number of benzene rings is 2. The largest absolute Gasteiger partial charge is 2.00 e. The van der Waals surface area contributed by atoms with Crippen LogP contribution >= 0.6 is 0 Å². The molecule has 7 nitrogen and oxygen atoms in total. The molecule has 8 heteroatoms. The number of hydrazone groups is 1. The number of nitrogens with one attached hydrogen (secondary N) is 2. The average Bonchev–Trinajstić information content (AvgIpc) is 2.61. The summed E-state index contributed by atoms with van der Waals surface area (Å²) >= 11 is 0. The molecule has 0 unspecified atom stereocenters. The molecule has 2 N–H and O–H groups in total.